The van der Waals surface area contributed by atoms with Gasteiger partial charge in [0.25, 0.3) is 0 Å². The van der Waals surface area contributed by atoms with E-state index >= 15 is 0 Å². The summed E-state index contributed by atoms with van der Waals surface area (Å²) in [7, 11) is 0. The first-order valence-electron chi connectivity index (χ1n) is 6.75. The standard InChI is InChI=1S/C15H15Cl2NO3/c1-9-14(2,15(9,16)17)12(19)18-11(8-21-13(18)20)10-6-4-3-5-7-10/h3-7,9,11H,8H2,1-2H3/t9-,11-,14-/m1/s1. The van der Waals surface area contributed by atoms with Crippen LogP contribution in [0.2, 0.25) is 0 Å². The summed E-state index contributed by atoms with van der Waals surface area (Å²) < 4.78 is 3.92. The van der Waals surface area contributed by atoms with Crippen LogP contribution in [0.5, 0.6) is 0 Å². The Hall–Kier alpha value is -1.26. The van der Waals surface area contributed by atoms with E-state index in [0.717, 1.165) is 10.5 Å². The van der Waals surface area contributed by atoms with E-state index < -0.39 is 21.9 Å². The number of hydrogen-bond acceptors (Lipinski definition) is 3. The van der Waals surface area contributed by atoms with Crippen molar-refractivity contribution in [2.75, 3.05) is 6.61 Å². The van der Waals surface area contributed by atoms with Crippen LogP contribution in [0.3, 0.4) is 0 Å². The Bertz CT molecular complexity index is 604. The molecule has 1 aromatic rings. The maximum absolute atomic E-state index is 12.8. The second-order valence-electron chi connectivity index (χ2n) is 5.73. The topological polar surface area (TPSA) is 46.6 Å². The van der Waals surface area contributed by atoms with E-state index in [2.05, 4.69) is 0 Å². The summed E-state index contributed by atoms with van der Waals surface area (Å²) in [5, 5.41) is 0. The maximum atomic E-state index is 12.8. The molecule has 3 atom stereocenters. The molecule has 2 aliphatic rings. The van der Waals surface area contributed by atoms with Gasteiger partial charge in [0.1, 0.15) is 17.0 Å². The Labute approximate surface area is 133 Å². The lowest BCUT2D eigenvalue weighted by Gasteiger charge is -2.24. The molecule has 1 aliphatic heterocycles. The van der Waals surface area contributed by atoms with Gasteiger partial charge in [0.2, 0.25) is 5.91 Å². The van der Waals surface area contributed by atoms with Crippen molar-refractivity contribution >= 4 is 35.2 Å². The van der Waals surface area contributed by atoms with Crippen LogP contribution in [0.1, 0.15) is 25.5 Å². The molecular formula is C15H15Cl2NO3. The summed E-state index contributed by atoms with van der Waals surface area (Å²) >= 11 is 12.4. The minimum absolute atomic E-state index is 0.149. The Morgan fingerprint density at radius 3 is 2.43 bits per heavy atom. The monoisotopic (exact) mass is 327 g/mol. The quantitative estimate of drug-likeness (QED) is 0.780. The summed E-state index contributed by atoms with van der Waals surface area (Å²) in [4.78, 5) is 25.9. The van der Waals surface area contributed by atoms with Crippen molar-refractivity contribution in [1.29, 1.82) is 0 Å². The lowest BCUT2D eigenvalue weighted by atomic mass is 10.0. The Balaban J connectivity index is 1.93. The van der Waals surface area contributed by atoms with E-state index in [-0.39, 0.29) is 18.4 Å². The highest BCUT2D eigenvalue weighted by Gasteiger charge is 2.76. The molecule has 0 N–H and O–H groups in total. The summed E-state index contributed by atoms with van der Waals surface area (Å²) in [6.45, 7) is 3.64. The van der Waals surface area contributed by atoms with Crippen molar-refractivity contribution in [2.24, 2.45) is 11.3 Å². The minimum atomic E-state index is -1.14. The smallest absolute Gasteiger partial charge is 0.417 e. The zero-order valence-corrected chi connectivity index (χ0v) is 13.2. The number of benzene rings is 1. The zero-order chi connectivity index (χ0) is 15.4. The van der Waals surface area contributed by atoms with Crippen molar-refractivity contribution in [1.82, 2.24) is 4.90 Å². The number of carbonyl (C=O) groups excluding carboxylic acids is 2. The molecule has 3 rings (SSSR count). The third kappa shape index (κ3) is 1.89. The molecule has 21 heavy (non-hydrogen) atoms. The first-order valence-corrected chi connectivity index (χ1v) is 7.50. The third-order valence-electron chi connectivity index (χ3n) is 4.74. The van der Waals surface area contributed by atoms with Crippen LogP contribution >= 0.6 is 23.2 Å². The third-order valence-corrected chi connectivity index (χ3v) is 6.18. The van der Waals surface area contributed by atoms with Crippen LogP contribution < -0.4 is 0 Å². The predicted molar refractivity (Wildman–Crippen MR) is 79.1 cm³/mol. The highest BCUT2D eigenvalue weighted by atomic mass is 35.5. The number of rotatable bonds is 2. The Morgan fingerprint density at radius 1 is 1.33 bits per heavy atom. The molecular weight excluding hydrogens is 313 g/mol. The van der Waals surface area contributed by atoms with Crippen molar-refractivity contribution in [3.63, 3.8) is 0 Å². The summed E-state index contributed by atoms with van der Waals surface area (Å²) in [6, 6.07) is 8.88. The fraction of sp³-hybridized carbons (Fsp3) is 0.467. The molecule has 1 saturated carbocycles. The number of imide groups is 1. The molecule has 2 amide bonds. The van der Waals surface area contributed by atoms with Gasteiger partial charge < -0.3 is 4.74 Å². The van der Waals surface area contributed by atoms with Gasteiger partial charge in [0, 0.05) is 5.92 Å². The average molecular weight is 328 g/mol. The van der Waals surface area contributed by atoms with Gasteiger partial charge in [-0.2, -0.15) is 0 Å². The molecule has 0 spiro atoms. The highest BCUT2D eigenvalue weighted by Crippen LogP contribution is 2.69. The molecule has 0 radical (unpaired) electrons. The SMILES string of the molecule is C[C@H]1C(Cl)(Cl)[C@@]1(C)C(=O)N1C(=O)OC[C@@H]1c1ccccc1. The molecule has 112 valence electrons. The summed E-state index contributed by atoms with van der Waals surface area (Å²) in [5.41, 5.74) is -0.115. The highest BCUT2D eigenvalue weighted by molar-refractivity contribution is 6.53. The molecule has 1 aromatic carbocycles. The number of hydrogen-bond donors (Lipinski definition) is 0. The Morgan fingerprint density at radius 2 is 1.90 bits per heavy atom. The number of carbonyl (C=O) groups is 2. The van der Waals surface area contributed by atoms with Crippen molar-refractivity contribution < 1.29 is 14.3 Å². The van der Waals surface area contributed by atoms with E-state index in [9.17, 15) is 9.59 Å². The molecule has 1 aliphatic carbocycles. The van der Waals surface area contributed by atoms with E-state index in [0.29, 0.717) is 0 Å². The van der Waals surface area contributed by atoms with E-state index in [4.69, 9.17) is 27.9 Å². The molecule has 0 aromatic heterocycles. The molecule has 4 nitrogen and oxygen atoms in total. The van der Waals surface area contributed by atoms with Crippen molar-refractivity contribution in [2.45, 2.75) is 24.2 Å². The van der Waals surface area contributed by atoms with Crippen LogP contribution in [-0.4, -0.2) is 27.8 Å². The molecule has 0 bridgehead atoms. The minimum Gasteiger partial charge on any atom is -0.446 e. The van der Waals surface area contributed by atoms with Crippen LogP contribution in [0.4, 0.5) is 4.79 Å². The average Bonchev–Trinajstić information content (AvgIpc) is 2.80. The molecule has 6 heteroatoms. The fourth-order valence-electron chi connectivity index (χ4n) is 2.88. The fourth-order valence-corrected chi connectivity index (χ4v) is 3.70. The first kappa shape index (κ1) is 14.7. The van der Waals surface area contributed by atoms with Crippen molar-refractivity contribution in [3.05, 3.63) is 35.9 Å². The number of alkyl halides is 2. The van der Waals surface area contributed by atoms with E-state index in [1.54, 1.807) is 13.8 Å². The summed E-state index contributed by atoms with van der Waals surface area (Å²) in [6.07, 6.45) is -0.640. The zero-order valence-electron chi connectivity index (χ0n) is 11.7. The van der Waals surface area contributed by atoms with Gasteiger partial charge in [-0.05, 0) is 12.5 Å². The van der Waals surface area contributed by atoms with Gasteiger partial charge in [-0.3, -0.25) is 4.79 Å². The number of amides is 2. The maximum Gasteiger partial charge on any atom is 0.417 e. The number of nitrogens with zero attached hydrogens (tertiary/aromatic N) is 1. The number of ether oxygens (including phenoxy) is 1. The second kappa shape index (κ2) is 4.62. The first-order chi connectivity index (χ1) is 9.81. The Kier molecular flexibility index (Phi) is 3.22. The van der Waals surface area contributed by atoms with Gasteiger partial charge in [-0.15, -0.1) is 23.2 Å². The van der Waals surface area contributed by atoms with Crippen LogP contribution in [0, 0.1) is 11.3 Å². The van der Waals surface area contributed by atoms with E-state index in [1.165, 1.54) is 0 Å². The largest absolute Gasteiger partial charge is 0.446 e. The van der Waals surface area contributed by atoms with E-state index in [1.807, 2.05) is 30.3 Å². The number of cyclic esters (lactones) is 1. The van der Waals surface area contributed by atoms with Gasteiger partial charge in [-0.1, -0.05) is 37.3 Å². The van der Waals surface area contributed by atoms with Gasteiger partial charge in [0.05, 0.1) is 5.41 Å². The lowest BCUT2D eigenvalue weighted by Crippen LogP contribution is -2.40. The normalized spacial score (nSPS) is 33.7. The summed E-state index contributed by atoms with van der Waals surface area (Å²) in [5.74, 6) is -0.595. The molecule has 2 fully saturated rings. The van der Waals surface area contributed by atoms with Crippen LogP contribution in [-0.2, 0) is 9.53 Å². The lowest BCUT2D eigenvalue weighted by molar-refractivity contribution is -0.134. The van der Waals surface area contributed by atoms with Gasteiger partial charge in [-0.25, -0.2) is 9.69 Å². The van der Waals surface area contributed by atoms with Crippen molar-refractivity contribution in [3.8, 4) is 0 Å². The molecule has 1 saturated heterocycles. The van der Waals surface area contributed by atoms with Gasteiger partial charge >= 0.3 is 6.09 Å². The number of halogens is 2. The van der Waals surface area contributed by atoms with Crippen LogP contribution in [0.25, 0.3) is 0 Å². The van der Waals surface area contributed by atoms with Crippen LogP contribution in [0.15, 0.2) is 30.3 Å². The molecule has 1 heterocycles. The molecule has 0 unspecified atom stereocenters. The second-order valence-corrected chi connectivity index (χ2v) is 7.11. The predicted octanol–water partition coefficient (Wildman–Crippen LogP) is 3.54. The van der Waals surface area contributed by atoms with Gasteiger partial charge in [0.15, 0.2) is 0 Å².